The van der Waals surface area contributed by atoms with Crippen molar-refractivity contribution in [2.24, 2.45) is 5.92 Å². The molecule has 3 atom stereocenters. The van der Waals surface area contributed by atoms with Gasteiger partial charge in [-0.2, -0.15) is 0 Å². The van der Waals surface area contributed by atoms with Crippen molar-refractivity contribution < 1.29 is 9.59 Å². The topological polar surface area (TPSA) is 52.7 Å². The van der Waals surface area contributed by atoms with Crippen molar-refractivity contribution in [1.82, 2.24) is 15.1 Å². The molecule has 5 nitrogen and oxygen atoms in total. The first-order valence-corrected chi connectivity index (χ1v) is 9.39. The van der Waals surface area contributed by atoms with Crippen LogP contribution in [0.4, 0.5) is 0 Å². The molecule has 3 heterocycles. The second-order valence-electron chi connectivity index (χ2n) is 7.90. The Morgan fingerprint density at radius 3 is 2.70 bits per heavy atom. The Morgan fingerprint density at radius 2 is 1.96 bits per heavy atom. The molecule has 0 saturated carbocycles. The third-order valence-electron chi connectivity index (χ3n) is 5.55. The van der Waals surface area contributed by atoms with Crippen LogP contribution in [0.15, 0.2) is 0 Å². The highest BCUT2D eigenvalue weighted by Crippen LogP contribution is 2.24. The molecule has 23 heavy (non-hydrogen) atoms. The lowest BCUT2D eigenvalue weighted by Crippen LogP contribution is -2.54. The summed E-state index contributed by atoms with van der Waals surface area (Å²) in [6.45, 7) is 6.68. The van der Waals surface area contributed by atoms with Crippen molar-refractivity contribution >= 4 is 11.8 Å². The van der Waals surface area contributed by atoms with Crippen molar-refractivity contribution in [3.8, 4) is 0 Å². The van der Waals surface area contributed by atoms with Gasteiger partial charge in [0.2, 0.25) is 11.8 Å². The van der Waals surface area contributed by atoms with Gasteiger partial charge in [-0.05, 0) is 44.4 Å². The Balaban J connectivity index is 1.72. The fourth-order valence-electron chi connectivity index (χ4n) is 4.32. The molecule has 3 unspecified atom stereocenters. The minimum atomic E-state index is -0.251. The van der Waals surface area contributed by atoms with E-state index in [1.54, 1.807) is 0 Å². The number of hydrogen-bond donors (Lipinski definition) is 1. The van der Waals surface area contributed by atoms with E-state index >= 15 is 0 Å². The van der Waals surface area contributed by atoms with Crippen LogP contribution < -0.4 is 5.32 Å². The predicted molar refractivity (Wildman–Crippen MR) is 89.9 cm³/mol. The van der Waals surface area contributed by atoms with E-state index in [-0.39, 0.29) is 17.9 Å². The minimum absolute atomic E-state index is 0.171. The Labute approximate surface area is 139 Å². The van der Waals surface area contributed by atoms with Gasteiger partial charge in [-0.25, -0.2) is 0 Å². The van der Waals surface area contributed by atoms with E-state index in [0.29, 0.717) is 24.4 Å². The van der Waals surface area contributed by atoms with Gasteiger partial charge in [0.05, 0.1) is 0 Å². The van der Waals surface area contributed by atoms with Crippen LogP contribution in [-0.2, 0) is 9.59 Å². The Kier molecular flexibility index (Phi) is 5.24. The summed E-state index contributed by atoms with van der Waals surface area (Å²) in [5.41, 5.74) is 0. The van der Waals surface area contributed by atoms with Crippen molar-refractivity contribution in [2.75, 3.05) is 19.6 Å². The molecule has 3 rings (SSSR count). The molecule has 130 valence electrons. The highest BCUT2D eigenvalue weighted by molar-refractivity contribution is 5.88. The second kappa shape index (κ2) is 7.20. The molecular formula is C18H31N3O2. The molecule has 2 amide bonds. The van der Waals surface area contributed by atoms with E-state index in [9.17, 15) is 9.59 Å². The zero-order chi connectivity index (χ0) is 16.4. The van der Waals surface area contributed by atoms with Gasteiger partial charge < -0.3 is 15.1 Å². The van der Waals surface area contributed by atoms with Crippen LogP contribution in [0.5, 0.6) is 0 Å². The van der Waals surface area contributed by atoms with E-state index in [1.807, 2.05) is 9.80 Å². The van der Waals surface area contributed by atoms with Crippen molar-refractivity contribution in [1.29, 1.82) is 0 Å². The zero-order valence-electron chi connectivity index (χ0n) is 14.6. The first-order chi connectivity index (χ1) is 11.0. The number of carbonyl (C=O) groups excluding carboxylic acids is 2. The second-order valence-corrected chi connectivity index (χ2v) is 7.90. The number of likely N-dealkylation sites (tertiary alicyclic amines) is 2. The fourth-order valence-corrected chi connectivity index (χ4v) is 4.32. The van der Waals surface area contributed by atoms with Crippen LogP contribution in [0.3, 0.4) is 0 Å². The third-order valence-corrected chi connectivity index (χ3v) is 5.55. The van der Waals surface area contributed by atoms with Gasteiger partial charge in [0, 0.05) is 38.1 Å². The summed E-state index contributed by atoms with van der Waals surface area (Å²) >= 11 is 0. The van der Waals surface area contributed by atoms with Crippen LogP contribution in [-0.4, -0.2) is 59.4 Å². The first kappa shape index (κ1) is 16.7. The summed E-state index contributed by atoms with van der Waals surface area (Å²) in [6.07, 6.45) is 6.84. The quantitative estimate of drug-likeness (QED) is 0.858. The van der Waals surface area contributed by atoms with Crippen LogP contribution in [0.2, 0.25) is 0 Å². The molecule has 0 aromatic rings. The van der Waals surface area contributed by atoms with Gasteiger partial charge in [0.15, 0.2) is 0 Å². The number of fused-ring (bicyclic) bond motifs is 2. The average molecular weight is 321 g/mol. The number of rotatable bonds is 4. The molecule has 3 aliphatic rings. The number of carbonyl (C=O) groups is 2. The molecule has 0 radical (unpaired) electrons. The summed E-state index contributed by atoms with van der Waals surface area (Å²) < 4.78 is 0. The molecule has 5 heteroatoms. The first-order valence-electron chi connectivity index (χ1n) is 9.39. The van der Waals surface area contributed by atoms with Gasteiger partial charge in [-0.15, -0.1) is 0 Å². The van der Waals surface area contributed by atoms with E-state index in [4.69, 9.17) is 0 Å². The number of amides is 2. The number of piperidine rings is 1. The normalized spacial score (nSPS) is 29.8. The summed E-state index contributed by atoms with van der Waals surface area (Å²) in [5.74, 6) is 0.772. The standard InChI is InChI=1S/C18H31N3O2/c1-13(2)11-16(21-9-4-3-5-17(21)22)18(23)20-10-8-14-6-7-15(12-20)19-14/h13-16,19H,3-12H2,1-2H3. The lowest BCUT2D eigenvalue weighted by molar-refractivity contribution is -0.148. The molecule has 2 bridgehead atoms. The summed E-state index contributed by atoms with van der Waals surface area (Å²) in [7, 11) is 0. The molecule has 0 aromatic heterocycles. The Bertz CT molecular complexity index is 452. The van der Waals surface area contributed by atoms with Crippen molar-refractivity contribution in [3.63, 3.8) is 0 Å². The summed E-state index contributed by atoms with van der Waals surface area (Å²) in [4.78, 5) is 29.5. The number of nitrogens with one attached hydrogen (secondary N) is 1. The molecule has 0 spiro atoms. The predicted octanol–water partition coefficient (Wildman–Crippen LogP) is 1.77. The maximum absolute atomic E-state index is 13.2. The largest absolute Gasteiger partial charge is 0.339 e. The van der Waals surface area contributed by atoms with Crippen molar-refractivity contribution in [2.45, 2.75) is 76.9 Å². The van der Waals surface area contributed by atoms with Gasteiger partial charge in [0.1, 0.15) is 6.04 Å². The molecule has 0 aliphatic carbocycles. The summed E-state index contributed by atoms with van der Waals surface area (Å²) in [5, 5.41) is 3.63. The van der Waals surface area contributed by atoms with Crippen molar-refractivity contribution in [3.05, 3.63) is 0 Å². The number of hydrogen-bond acceptors (Lipinski definition) is 3. The lowest BCUT2D eigenvalue weighted by Gasteiger charge is -2.38. The molecule has 0 aromatic carbocycles. The smallest absolute Gasteiger partial charge is 0.245 e. The molecule has 3 saturated heterocycles. The van der Waals surface area contributed by atoms with Gasteiger partial charge in [-0.1, -0.05) is 13.8 Å². The Hall–Kier alpha value is -1.10. The van der Waals surface area contributed by atoms with Gasteiger partial charge in [0.25, 0.3) is 0 Å². The monoisotopic (exact) mass is 321 g/mol. The highest BCUT2D eigenvalue weighted by atomic mass is 16.2. The number of nitrogens with zero attached hydrogens (tertiary/aromatic N) is 2. The van der Waals surface area contributed by atoms with Crippen LogP contribution in [0.25, 0.3) is 0 Å². The molecule has 3 fully saturated rings. The fraction of sp³-hybridized carbons (Fsp3) is 0.889. The van der Waals surface area contributed by atoms with Crippen LogP contribution in [0, 0.1) is 5.92 Å². The highest BCUT2D eigenvalue weighted by Gasteiger charge is 2.37. The van der Waals surface area contributed by atoms with E-state index in [2.05, 4.69) is 19.2 Å². The minimum Gasteiger partial charge on any atom is -0.339 e. The van der Waals surface area contributed by atoms with Crippen LogP contribution >= 0.6 is 0 Å². The molecule has 1 N–H and O–H groups in total. The van der Waals surface area contributed by atoms with Gasteiger partial charge in [-0.3, -0.25) is 9.59 Å². The van der Waals surface area contributed by atoms with E-state index in [1.165, 1.54) is 12.8 Å². The maximum Gasteiger partial charge on any atom is 0.245 e. The SMILES string of the molecule is CC(C)CC(C(=O)N1CCC2CCC(C1)N2)N1CCCCC1=O. The molecular weight excluding hydrogens is 290 g/mol. The lowest BCUT2D eigenvalue weighted by atomic mass is 9.97. The molecule has 3 aliphatic heterocycles. The van der Waals surface area contributed by atoms with E-state index < -0.39 is 0 Å². The Morgan fingerprint density at radius 1 is 1.17 bits per heavy atom. The van der Waals surface area contributed by atoms with Gasteiger partial charge >= 0.3 is 0 Å². The van der Waals surface area contributed by atoms with E-state index in [0.717, 1.165) is 45.3 Å². The maximum atomic E-state index is 13.2. The van der Waals surface area contributed by atoms with Crippen LogP contribution in [0.1, 0.15) is 58.8 Å². The average Bonchev–Trinajstić information content (AvgIpc) is 2.84. The third kappa shape index (κ3) is 3.87. The zero-order valence-corrected chi connectivity index (χ0v) is 14.6. The summed E-state index contributed by atoms with van der Waals surface area (Å²) in [6, 6.07) is 0.778.